The molecule has 1 aromatic carbocycles. The van der Waals surface area contributed by atoms with Crippen LogP contribution in [0.15, 0.2) is 35.4 Å². The molecule has 0 saturated carbocycles. The molecule has 0 amide bonds. The van der Waals surface area contributed by atoms with Gasteiger partial charge < -0.3 is 20.4 Å². The van der Waals surface area contributed by atoms with Gasteiger partial charge in [-0.05, 0) is 59.2 Å². The maximum Gasteiger partial charge on any atom is 0.196 e. The molecule has 0 unspecified atom stereocenters. The second-order valence-electron chi connectivity index (χ2n) is 7.35. The van der Waals surface area contributed by atoms with Gasteiger partial charge in [-0.15, -0.1) is 0 Å². The van der Waals surface area contributed by atoms with Crippen LogP contribution in [0, 0.1) is 0 Å². The molecule has 0 spiro atoms. The van der Waals surface area contributed by atoms with E-state index >= 15 is 0 Å². The number of hydrogen-bond acceptors (Lipinski definition) is 6. The smallest absolute Gasteiger partial charge is 0.196 e. The maximum absolute atomic E-state index is 12.3. The minimum atomic E-state index is -1.13. The zero-order valence-corrected chi connectivity index (χ0v) is 15.7. The summed E-state index contributed by atoms with van der Waals surface area (Å²) in [5, 5.41) is 38.1. The lowest BCUT2D eigenvalue weighted by Crippen LogP contribution is -2.25. The van der Waals surface area contributed by atoms with Crippen LogP contribution < -0.4 is 0 Å². The third-order valence-electron chi connectivity index (χ3n) is 3.29. The van der Waals surface area contributed by atoms with Gasteiger partial charge >= 0.3 is 0 Å². The number of phenolic OH excluding ortho intramolecular Hbond substituents is 2. The number of Topliss-reactive ketones (excluding diaryl/α,β-unsaturated/α-hetero) is 1. The van der Waals surface area contributed by atoms with E-state index < -0.39 is 23.3 Å². The Bertz CT molecular complexity index is 755. The van der Waals surface area contributed by atoms with Crippen LogP contribution in [0.2, 0.25) is 0 Å². The Morgan fingerprint density at radius 1 is 1.08 bits per heavy atom. The van der Waals surface area contributed by atoms with Gasteiger partial charge in [0, 0.05) is 5.57 Å². The van der Waals surface area contributed by atoms with Crippen molar-refractivity contribution in [2.75, 3.05) is 0 Å². The summed E-state index contributed by atoms with van der Waals surface area (Å²) in [5.74, 6) is -2.01. The number of aromatic hydroxyl groups is 2. The summed E-state index contributed by atoms with van der Waals surface area (Å²) in [6, 6.07) is 2.29. The number of aliphatic hydroxyl groups excluding tert-OH is 1. The van der Waals surface area contributed by atoms with Crippen LogP contribution in [0.3, 0.4) is 0 Å². The van der Waals surface area contributed by atoms with Gasteiger partial charge in [-0.2, -0.15) is 0 Å². The number of hydrogen-bond donors (Lipinski definition) is 4. The normalized spacial score (nSPS) is 14.7. The number of phenols is 2. The van der Waals surface area contributed by atoms with Crippen molar-refractivity contribution in [1.29, 1.82) is 0 Å². The molecule has 26 heavy (non-hydrogen) atoms. The standard InChI is InChI=1S/C16H16O5.C4H10O/c1-8(2)3-4-10(17)9-7-13(20)14-11(18)5-6-12(19)15(14)16(9)21;1-4(2,3)5/h3,5-7,10,17-19H,4H2,1-2H3;5H,1-3H3/t10-;/m1./s1. The lowest BCUT2D eigenvalue weighted by atomic mass is 9.85. The second kappa shape index (κ2) is 8.29. The summed E-state index contributed by atoms with van der Waals surface area (Å²) >= 11 is 0. The van der Waals surface area contributed by atoms with Crippen molar-refractivity contribution < 1.29 is 30.0 Å². The molecule has 0 saturated heterocycles. The number of allylic oxidation sites excluding steroid dienone is 2. The van der Waals surface area contributed by atoms with Gasteiger partial charge in [0.25, 0.3) is 0 Å². The summed E-state index contributed by atoms with van der Waals surface area (Å²) in [4.78, 5) is 24.4. The summed E-state index contributed by atoms with van der Waals surface area (Å²) < 4.78 is 0. The molecule has 1 aliphatic carbocycles. The first kappa shape index (κ1) is 21.6. The third kappa shape index (κ3) is 5.82. The quantitative estimate of drug-likeness (QED) is 0.485. The van der Waals surface area contributed by atoms with E-state index in [2.05, 4.69) is 0 Å². The topological polar surface area (TPSA) is 115 Å². The minimum Gasteiger partial charge on any atom is -0.507 e. The largest absolute Gasteiger partial charge is 0.507 e. The van der Waals surface area contributed by atoms with E-state index in [1.807, 2.05) is 13.8 Å². The van der Waals surface area contributed by atoms with Gasteiger partial charge in [0.2, 0.25) is 0 Å². The summed E-state index contributed by atoms with van der Waals surface area (Å²) in [5.41, 5.74) is -0.0806. The average molecular weight is 362 g/mol. The lowest BCUT2D eigenvalue weighted by Gasteiger charge is -2.20. The van der Waals surface area contributed by atoms with Gasteiger partial charge in [0.1, 0.15) is 11.5 Å². The third-order valence-corrected chi connectivity index (χ3v) is 3.29. The van der Waals surface area contributed by atoms with Crippen LogP contribution >= 0.6 is 0 Å². The average Bonchev–Trinajstić information content (AvgIpc) is 2.49. The van der Waals surface area contributed by atoms with E-state index in [1.165, 1.54) is 0 Å². The molecule has 0 aromatic heterocycles. The highest BCUT2D eigenvalue weighted by atomic mass is 16.3. The number of ketones is 2. The van der Waals surface area contributed by atoms with Crippen molar-refractivity contribution in [3.05, 3.63) is 46.6 Å². The predicted molar refractivity (Wildman–Crippen MR) is 98.5 cm³/mol. The lowest BCUT2D eigenvalue weighted by molar-refractivity contribution is 0.0943. The van der Waals surface area contributed by atoms with Crippen LogP contribution in [0.1, 0.15) is 61.8 Å². The Labute approximate surface area is 153 Å². The highest BCUT2D eigenvalue weighted by molar-refractivity contribution is 6.26. The number of rotatable bonds is 3. The number of carbonyl (C=O) groups is 2. The van der Waals surface area contributed by atoms with Gasteiger partial charge in [0.15, 0.2) is 11.6 Å². The highest BCUT2D eigenvalue weighted by Gasteiger charge is 2.33. The van der Waals surface area contributed by atoms with E-state index in [1.54, 1.807) is 26.8 Å². The number of fused-ring (bicyclic) bond motifs is 1. The van der Waals surface area contributed by atoms with Crippen molar-refractivity contribution in [2.45, 2.75) is 52.7 Å². The van der Waals surface area contributed by atoms with E-state index in [9.17, 15) is 24.9 Å². The molecule has 0 bridgehead atoms. The molecule has 6 heteroatoms. The van der Waals surface area contributed by atoms with Crippen molar-refractivity contribution >= 4 is 11.6 Å². The molecular weight excluding hydrogens is 336 g/mol. The fraction of sp³-hybridized carbons (Fsp3) is 0.400. The predicted octanol–water partition coefficient (Wildman–Crippen LogP) is 2.90. The first-order valence-electron chi connectivity index (χ1n) is 8.22. The summed E-state index contributed by atoms with van der Waals surface area (Å²) in [6.45, 7) is 8.94. The zero-order chi connectivity index (χ0) is 20.2. The molecule has 142 valence electrons. The van der Waals surface area contributed by atoms with Gasteiger partial charge in [0.05, 0.1) is 22.8 Å². The molecule has 0 heterocycles. The molecule has 4 N–H and O–H groups in total. The highest BCUT2D eigenvalue weighted by Crippen LogP contribution is 2.35. The van der Waals surface area contributed by atoms with Crippen LogP contribution in [0.5, 0.6) is 11.5 Å². The fourth-order valence-electron chi connectivity index (χ4n) is 2.21. The molecular formula is C20H26O6. The SMILES string of the molecule is CC(C)(C)O.CC(C)=CC[C@@H](O)C1=CC(=O)c2c(O)ccc(O)c2C1=O. The van der Waals surface area contributed by atoms with Crippen molar-refractivity contribution in [3.63, 3.8) is 0 Å². The van der Waals surface area contributed by atoms with Crippen molar-refractivity contribution in [3.8, 4) is 11.5 Å². The molecule has 2 rings (SSSR count). The minimum absolute atomic E-state index is 0.0779. The van der Waals surface area contributed by atoms with Gasteiger partial charge in [-0.25, -0.2) is 0 Å². The maximum atomic E-state index is 12.3. The van der Waals surface area contributed by atoms with Crippen LogP contribution in [-0.2, 0) is 0 Å². The summed E-state index contributed by atoms with van der Waals surface area (Å²) in [7, 11) is 0. The molecule has 0 radical (unpaired) electrons. The van der Waals surface area contributed by atoms with Crippen LogP contribution in [0.4, 0.5) is 0 Å². The van der Waals surface area contributed by atoms with Crippen LogP contribution in [-0.4, -0.2) is 43.7 Å². The van der Waals surface area contributed by atoms with E-state index in [0.717, 1.165) is 23.8 Å². The molecule has 1 atom stereocenters. The fourth-order valence-corrected chi connectivity index (χ4v) is 2.21. The first-order valence-corrected chi connectivity index (χ1v) is 8.22. The monoisotopic (exact) mass is 362 g/mol. The Balaban J connectivity index is 0.000000597. The van der Waals surface area contributed by atoms with Crippen molar-refractivity contribution in [1.82, 2.24) is 0 Å². The van der Waals surface area contributed by atoms with Crippen LogP contribution in [0.25, 0.3) is 0 Å². The second-order valence-corrected chi connectivity index (χ2v) is 7.35. The Kier molecular flexibility index (Phi) is 6.89. The Hall–Kier alpha value is -2.44. The number of aliphatic hydroxyl groups is 2. The molecule has 6 nitrogen and oxygen atoms in total. The van der Waals surface area contributed by atoms with E-state index in [4.69, 9.17) is 5.11 Å². The molecule has 0 aliphatic heterocycles. The van der Waals surface area contributed by atoms with E-state index in [-0.39, 0.29) is 34.6 Å². The molecule has 1 aliphatic rings. The molecule has 1 aromatic rings. The Morgan fingerprint density at radius 2 is 1.54 bits per heavy atom. The Morgan fingerprint density at radius 3 is 2.00 bits per heavy atom. The van der Waals surface area contributed by atoms with Gasteiger partial charge in [-0.3, -0.25) is 9.59 Å². The number of benzene rings is 1. The number of carbonyl (C=O) groups excluding carboxylic acids is 2. The van der Waals surface area contributed by atoms with Gasteiger partial charge in [-0.1, -0.05) is 11.6 Å². The first-order chi connectivity index (χ1) is 11.8. The molecule has 0 fully saturated rings. The zero-order valence-electron chi connectivity index (χ0n) is 15.7. The van der Waals surface area contributed by atoms with E-state index in [0.29, 0.717) is 0 Å². The summed E-state index contributed by atoms with van der Waals surface area (Å²) in [6.07, 6.45) is 1.84. The van der Waals surface area contributed by atoms with Crippen molar-refractivity contribution in [2.24, 2.45) is 0 Å².